The van der Waals surface area contributed by atoms with Gasteiger partial charge in [0.05, 0.1) is 14.8 Å². The highest BCUT2D eigenvalue weighted by Crippen LogP contribution is 2.46. The van der Waals surface area contributed by atoms with E-state index in [1.54, 1.807) is 0 Å². The summed E-state index contributed by atoms with van der Waals surface area (Å²) in [5.41, 5.74) is -1.32. The molecule has 11 heteroatoms. The van der Waals surface area contributed by atoms with Gasteiger partial charge in [-0.25, -0.2) is 13.6 Å². The molecule has 0 atom stereocenters. The lowest BCUT2D eigenvalue weighted by Crippen LogP contribution is -2.14. The molecule has 0 aliphatic heterocycles. The van der Waals surface area contributed by atoms with Crippen molar-refractivity contribution in [3.63, 3.8) is 0 Å². The molecule has 3 aromatic rings. The number of alkyl halides is 3. The molecular weight excluding hydrogens is 423 g/mol. The minimum Gasteiger partial charge on any atom is -0.259 e. The first-order valence-corrected chi connectivity index (χ1v) is 10.3. The van der Waals surface area contributed by atoms with Gasteiger partial charge >= 0.3 is 6.18 Å². The fourth-order valence-electron chi connectivity index (χ4n) is 2.76. The Morgan fingerprint density at radius 3 is 2.41 bits per heavy atom. The number of hydrogen-bond donors (Lipinski definition) is 1. The molecule has 3 rings (SSSR count). The van der Waals surface area contributed by atoms with E-state index in [1.807, 2.05) is 0 Å². The summed E-state index contributed by atoms with van der Waals surface area (Å²) in [4.78, 5) is -0.0744. The van der Waals surface area contributed by atoms with Crippen molar-refractivity contribution in [1.82, 2.24) is 9.78 Å². The largest absolute Gasteiger partial charge is 0.433 e. The number of sulfonamides is 1. The number of nitrogens with two attached hydrogens (primary N) is 1. The maximum atomic E-state index is 13.8. The van der Waals surface area contributed by atoms with E-state index in [4.69, 9.17) is 16.7 Å². The van der Waals surface area contributed by atoms with Crippen LogP contribution in [0.3, 0.4) is 0 Å². The molecule has 0 aliphatic carbocycles. The van der Waals surface area contributed by atoms with Crippen molar-refractivity contribution in [3.05, 3.63) is 46.4 Å². The third-order valence-corrected chi connectivity index (χ3v) is 6.01. The first-order chi connectivity index (χ1) is 12.5. The van der Waals surface area contributed by atoms with Gasteiger partial charge in [-0.1, -0.05) is 29.8 Å². The molecule has 1 aromatic carbocycles. The van der Waals surface area contributed by atoms with Gasteiger partial charge in [-0.15, -0.1) is 11.3 Å². The highest BCUT2D eigenvalue weighted by molar-refractivity contribution is 7.89. The first-order valence-electron chi connectivity index (χ1n) is 7.60. The summed E-state index contributed by atoms with van der Waals surface area (Å²) in [5, 5.41) is 9.31. The third-order valence-electron chi connectivity index (χ3n) is 3.79. The molecule has 5 nitrogen and oxygen atoms in total. The monoisotopic (exact) mass is 435 g/mol. The Labute approximate surface area is 162 Å². The zero-order chi connectivity index (χ0) is 20.0. The lowest BCUT2D eigenvalue weighted by molar-refractivity contribution is -0.143. The highest BCUT2D eigenvalue weighted by Gasteiger charge is 2.41. The van der Waals surface area contributed by atoms with E-state index in [-0.39, 0.29) is 33.1 Å². The van der Waals surface area contributed by atoms with E-state index in [0.717, 1.165) is 16.0 Å². The van der Waals surface area contributed by atoms with Crippen LogP contribution < -0.4 is 5.14 Å². The predicted octanol–water partition coefficient (Wildman–Crippen LogP) is 4.62. The molecule has 2 heterocycles. The Balaban J connectivity index is 2.44. The summed E-state index contributed by atoms with van der Waals surface area (Å²) < 4.78 is 66.4. The molecule has 0 aliphatic rings. The van der Waals surface area contributed by atoms with Crippen LogP contribution in [0.5, 0.6) is 0 Å². The van der Waals surface area contributed by atoms with Gasteiger partial charge in [-0.05, 0) is 25.1 Å². The topological polar surface area (TPSA) is 78.0 Å². The Bertz CT molecular complexity index is 1100. The number of aromatic nitrogens is 2. The molecule has 2 aromatic heterocycles. The van der Waals surface area contributed by atoms with Crippen LogP contribution in [0.15, 0.2) is 41.3 Å². The van der Waals surface area contributed by atoms with Crippen molar-refractivity contribution < 1.29 is 21.6 Å². The van der Waals surface area contributed by atoms with Crippen molar-refractivity contribution >= 4 is 33.0 Å². The molecule has 2 N–H and O–H groups in total. The van der Waals surface area contributed by atoms with Crippen molar-refractivity contribution in [1.29, 1.82) is 0 Å². The second kappa shape index (κ2) is 6.93. The lowest BCUT2D eigenvalue weighted by Gasteiger charge is -2.11. The van der Waals surface area contributed by atoms with Crippen molar-refractivity contribution in [2.24, 2.45) is 5.14 Å². The fraction of sp³-hybridized carbons (Fsp3) is 0.188. The summed E-state index contributed by atoms with van der Waals surface area (Å²) >= 11 is 6.86. The van der Waals surface area contributed by atoms with E-state index in [9.17, 15) is 21.6 Å². The van der Waals surface area contributed by atoms with Gasteiger partial charge in [-0.2, -0.15) is 18.3 Å². The Hall–Kier alpha value is -1.88. The maximum absolute atomic E-state index is 13.8. The standard InChI is InChI=1S/C16H13ClF3N3O2S2/c1-2-23-15(16(18,19)20)13(10-7-8-12(17)26-10)14(22-23)9-5-3-4-6-11(9)27(21,24)25/h3-8H,2H2,1H3,(H2,21,24,25). The normalized spacial score (nSPS) is 12.5. The second-order valence-corrected chi connectivity index (χ2v) is 8.78. The van der Waals surface area contributed by atoms with Crippen LogP contribution >= 0.6 is 22.9 Å². The van der Waals surface area contributed by atoms with Gasteiger partial charge in [0.25, 0.3) is 0 Å². The molecule has 0 unspecified atom stereocenters. The number of rotatable bonds is 4. The third kappa shape index (κ3) is 3.75. The zero-order valence-electron chi connectivity index (χ0n) is 13.8. The average Bonchev–Trinajstić information content (AvgIpc) is 3.16. The minimum absolute atomic E-state index is 0.00257. The van der Waals surface area contributed by atoms with Crippen molar-refractivity contribution in [2.45, 2.75) is 24.5 Å². The quantitative estimate of drug-likeness (QED) is 0.649. The fourth-order valence-corrected chi connectivity index (χ4v) is 4.59. The molecular formula is C16H13ClF3N3O2S2. The number of primary sulfonamides is 1. The van der Waals surface area contributed by atoms with Gasteiger partial charge in [0, 0.05) is 17.0 Å². The van der Waals surface area contributed by atoms with Crippen molar-refractivity contribution in [3.8, 4) is 21.7 Å². The number of thiophene rings is 1. The number of aryl methyl sites for hydroxylation is 1. The van der Waals surface area contributed by atoms with Crippen molar-refractivity contribution in [2.75, 3.05) is 0 Å². The van der Waals surface area contributed by atoms with Gasteiger partial charge < -0.3 is 0 Å². The minimum atomic E-state index is -4.70. The Morgan fingerprint density at radius 1 is 1.22 bits per heavy atom. The Morgan fingerprint density at radius 2 is 1.89 bits per heavy atom. The maximum Gasteiger partial charge on any atom is 0.433 e. The number of halogens is 4. The van der Waals surface area contributed by atoms with E-state index in [0.29, 0.717) is 4.34 Å². The average molecular weight is 436 g/mol. The molecule has 27 heavy (non-hydrogen) atoms. The molecule has 0 fully saturated rings. The molecule has 0 amide bonds. The summed E-state index contributed by atoms with van der Waals surface area (Å²) in [6.07, 6.45) is -4.70. The SMILES string of the molecule is CCn1nc(-c2ccccc2S(N)(=O)=O)c(-c2ccc(Cl)s2)c1C(F)(F)F. The summed E-state index contributed by atoms with van der Waals surface area (Å²) in [6, 6.07) is 8.47. The molecule has 0 radical (unpaired) electrons. The van der Waals surface area contributed by atoms with Crippen LogP contribution in [-0.4, -0.2) is 18.2 Å². The molecule has 0 bridgehead atoms. The predicted molar refractivity (Wildman–Crippen MR) is 98.0 cm³/mol. The van der Waals surface area contributed by atoms with Gasteiger partial charge in [-0.3, -0.25) is 4.68 Å². The van der Waals surface area contributed by atoms with Crippen LogP contribution in [0.2, 0.25) is 4.34 Å². The second-order valence-electron chi connectivity index (χ2n) is 5.53. The summed E-state index contributed by atoms with van der Waals surface area (Å²) in [6.45, 7) is 1.46. The Kier molecular flexibility index (Phi) is 5.10. The number of benzene rings is 1. The van der Waals surface area contributed by atoms with E-state index < -0.39 is 21.9 Å². The van der Waals surface area contributed by atoms with Crippen LogP contribution in [0.4, 0.5) is 13.2 Å². The molecule has 0 spiro atoms. The van der Waals surface area contributed by atoms with Crippen LogP contribution in [0, 0.1) is 0 Å². The smallest absolute Gasteiger partial charge is 0.259 e. The number of hydrogen-bond acceptors (Lipinski definition) is 4. The molecule has 0 saturated heterocycles. The zero-order valence-corrected chi connectivity index (χ0v) is 16.2. The van der Waals surface area contributed by atoms with E-state index >= 15 is 0 Å². The summed E-state index contributed by atoms with van der Waals surface area (Å²) in [7, 11) is -4.17. The summed E-state index contributed by atoms with van der Waals surface area (Å²) in [5.74, 6) is 0. The highest BCUT2D eigenvalue weighted by atomic mass is 35.5. The molecule has 144 valence electrons. The van der Waals surface area contributed by atoms with Crippen LogP contribution in [0.25, 0.3) is 21.7 Å². The number of nitrogens with zero attached hydrogens (tertiary/aromatic N) is 2. The van der Waals surface area contributed by atoms with Crippen LogP contribution in [-0.2, 0) is 22.7 Å². The van der Waals surface area contributed by atoms with Gasteiger partial charge in [0.1, 0.15) is 5.69 Å². The molecule has 0 saturated carbocycles. The van der Waals surface area contributed by atoms with Crippen LogP contribution in [0.1, 0.15) is 12.6 Å². The van der Waals surface area contributed by atoms with Gasteiger partial charge in [0.15, 0.2) is 5.69 Å². The lowest BCUT2D eigenvalue weighted by atomic mass is 10.0. The van der Waals surface area contributed by atoms with E-state index in [2.05, 4.69) is 5.10 Å². The van der Waals surface area contributed by atoms with E-state index in [1.165, 1.54) is 43.3 Å². The van der Waals surface area contributed by atoms with Gasteiger partial charge in [0.2, 0.25) is 10.0 Å². The first kappa shape index (κ1) is 19.9.